The molecule has 1 aromatic heterocycles. The average Bonchev–Trinajstić information content (AvgIpc) is 2.48. The molecule has 2 N–H and O–H groups in total. The Kier molecular flexibility index (Phi) is 4.71. The lowest BCUT2D eigenvalue weighted by molar-refractivity contribution is -0.137. The molecule has 118 valence electrons. The van der Waals surface area contributed by atoms with Gasteiger partial charge in [-0.1, -0.05) is 30.3 Å². The number of pyridine rings is 1. The van der Waals surface area contributed by atoms with Gasteiger partial charge in [0.15, 0.2) is 0 Å². The van der Waals surface area contributed by atoms with E-state index in [1.807, 2.05) is 30.3 Å². The van der Waals surface area contributed by atoms with Gasteiger partial charge in [-0.05, 0) is 31.0 Å². The number of hydrogen-bond donors (Lipinski definition) is 2. The normalized spacial score (nSPS) is 14.4. The van der Waals surface area contributed by atoms with E-state index in [9.17, 15) is 18.3 Å². The monoisotopic (exact) mass is 310 g/mol. The van der Waals surface area contributed by atoms with Gasteiger partial charge in [-0.3, -0.25) is 0 Å². The Labute approximate surface area is 126 Å². The molecule has 0 aliphatic heterocycles. The van der Waals surface area contributed by atoms with E-state index in [4.69, 9.17) is 0 Å². The van der Waals surface area contributed by atoms with E-state index in [-0.39, 0.29) is 0 Å². The van der Waals surface area contributed by atoms with E-state index in [0.717, 1.165) is 17.8 Å². The van der Waals surface area contributed by atoms with Crippen LogP contribution in [-0.4, -0.2) is 16.6 Å². The van der Waals surface area contributed by atoms with E-state index < -0.39 is 17.3 Å². The molecule has 0 aliphatic carbocycles. The summed E-state index contributed by atoms with van der Waals surface area (Å²) in [5, 5.41) is 13.3. The summed E-state index contributed by atoms with van der Waals surface area (Å²) in [6.45, 7) is 2.09. The maximum Gasteiger partial charge on any atom is 0.417 e. The second kappa shape index (κ2) is 6.36. The lowest BCUT2D eigenvalue weighted by Crippen LogP contribution is -2.24. The van der Waals surface area contributed by atoms with Crippen molar-refractivity contribution in [3.63, 3.8) is 0 Å². The second-order valence-corrected chi connectivity index (χ2v) is 5.25. The molecule has 2 aromatic rings. The number of halogens is 3. The van der Waals surface area contributed by atoms with Crippen molar-refractivity contribution in [3.8, 4) is 0 Å². The molecule has 1 heterocycles. The van der Waals surface area contributed by atoms with Gasteiger partial charge in [0.25, 0.3) is 0 Å². The smallest absolute Gasteiger partial charge is 0.385 e. The SMILES string of the molecule is CC(O)(CCNc1ccc(C(F)(F)F)cn1)c1ccccc1. The predicted molar refractivity (Wildman–Crippen MR) is 78.4 cm³/mol. The van der Waals surface area contributed by atoms with Crippen LogP contribution in [0.15, 0.2) is 48.7 Å². The zero-order valence-electron chi connectivity index (χ0n) is 12.1. The van der Waals surface area contributed by atoms with Crippen molar-refractivity contribution >= 4 is 5.82 Å². The molecular weight excluding hydrogens is 293 g/mol. The van der Waals surface area contributed by atoms with E-state index in [1.165, 1.54) is 6.07 Å². The minimum Gasteiger partial charge on any atom is -0.385 e. The lowest BCUT2D eigenvalue weighted by atomic mass is 9.93. The first-order valence-electron chi connectivity index (χ1n) is 6.84. The highest BCUT2D eigenvalue weighted by atomic mass is 19.4. The van der Waals surface area contributed by atoms with Crippen LogP contribution in [0.4, 0.5) is 19.0 Å². The third-order valence-electron chi connectivity index (χ3n) is 3.40. The van der Waals surface area contributed by atoms with Crippen molar-refractivity contribution in [2.45, 2.75) is 25.1 Å². The summed E-state index contributed by atoms with van der Waals surface area (Å²) in [6, 6.07) is 11.5. The Bertz CT molecular complexity index is 595. The number of nitrogens with zero attached hydrogens (tertiary/aromatic N) is 1. The van der Waals surface area contributed by atoms with Gasteiger partial charge in [-0.25, -0.2) is 4.98 Å². The van der Waals surface area contributed by atoms with Crippen molar-refractivity contribution in [1.82, 2.24) is 4.98 Å². The van der Waals surface area contributed by atoms with Crippen LogP contribution in [0.25, 0.3) is 0 Å². The molecule has 1 atom stereocenters. The number of nitrogens with one attached hydrogen (secondary N) is 1. The molecule has 1 unspecified atom stereocenters. The Morgan fingerprint density at radius 3 is 2.27 bits per heavy atom. The Hall–Kier alpha value is -2.08. The van der Waals surface area contributed by atoms with E-state index in [2.05, 4.69) is 10.3 Å². The van der Waals surface area contributed by atoms with Gasteiger partial charge in [0.2, 0.25) is 0 Å². The largest absolute Gasteiger partial charge is 0.417 e. The molecule has 2 rings (SSSR count). The van der Waals surface area contributed by atoms with Crippen LogP contribution < -0.4 is 5.32 Å². The first-order chi connectivity index (χ1) is 10.3. The van der Waals surface area contributed by atoms with Crippen LogP contribution >= 0.6 is 0 Å². The maximum atomic E-state index is 12.4. The molecule has 0 saturated carbocycles. The molecule has 3 nitrogen and oxygen atoms in total. The molecule has 0 aliphatic rings. The van der Waals surface area contributed by atoms with Crippen LogP contribution in [0.1, 0.15) is 24.5 Å². The third kappa shape index (κ3) is 4.21. The second-order valence-electron chi connectivity index (χ2n) is 5.25. The van der Waals surface area contributed by atoms with Crippen molar-refractivity contribution in [2.24, 2.45) is 0 Å². The molecular formula is C16H17F3N2O. The zero-order chi connectivity index (χ0) is 16.2. The molecule has 0 bridgehead atoms. The topological polar surface area (TPSA) is 45.1 Å². The highest BCUT2D eigenvalue weighted by Crippen LogP contribution is 2.29. The highest BCUT2D eigenvalue weighted by molar-refractivity contribution is 5.36. The minimum absolute atomic E-state index is 0.344. The standard InChI is InChI=1S/C16H17F3N2O/c1-15(22,12-5-3-2-4-6-12)9-10-20-14-8-7-13(11-21-14)16(17,18)19/h2-8,11,22H,9-10H2,1H3,(H,20,21). The Morgan fingerprint density at radius 2 is 1.73 bits per heavy atom. The zero-order valence-corrected chi connectivity index (χ0v) is 12.1. The van der Waals surface area contributed by atoms with Crippen LogP contribution in [0.5, 0.6) is 0 Å². The van der Waals surface area contributed by atoms with Crippen molar-refractivity contribution in [1.29, 1.82) is 0 Å². The molecule has 0 saturated heterocycles. The van der Waals surface area contributed by atoms with Crippen molar-refractivity contribution in [2.75, 3.05) is 11.9 Å². The molecule has 0 amide bonds. The minimum atomic E-state index is -4.39. The molecule has 1 aromatic carbocycles. The lowest BCUT2D eigenvalue weighted by Gasteiger charge is -2.24. The summed E-state index contributed by atoms with van der Waals surface area (Å²) in [5.74, 6) is 0.344. The van der Waals surface area contributed by atoms with Gasteiger partial charge in [-0.15, -0.1) is 0 Å². The molecule has 0 radical (unpaired) electrons. The Morgan fingerprint density at radius 1 is 1.05 bits per heavy atom. The maximum absolute atomic E-state index is 12.4. The van der Waals surface area contributed by atoms with Gasteiger partial charge in [0.05, 0.1) is 11.2 Å². The van der Waals surface area contributed by atoms with Gasteiger partial charge in [-0.2, -0.15) is 13.2 Å². The summed E-state index contributed by atoms with van der Waals surface area (Å²) >= 11 is 0. The highest BCUT2D eigenvalue weighted by Gasteiger charge is 2.30. The number of aromatic nitrogens is 1. The molecule has 22 heavy (non-hydrogen) atoms. The summed E-state index contributed by atoms with van der Waals surface area (Å²) in [7, 11) is 0. The molecule has 6 heteroatoms. The van der Waals surface area contributed by atoms with Gasteiger partial charge < -0.3 is 10.4 Å². The fraction of sp³-hybridized carbons (Fsp3) is 0.312. The number of anilines is 1. The summed E-state index contributed by atoms with van der Waals surface area (Å²) in [6.07, 6.45) is -3.19. The van der Waals surface area contributed by atoms with Gasteiger partial charge in [0.1, 0.15) is 5.82 Å². The first-order valence-corrected chi connectivity index (χ1v) is 6.84. The van der Waals surface area contributed by atoms with Crippen LogP contribution in [0.2, 0.25) is 0 Å². The number of alkyl halides is 3. The Balaban J connectivity index is 1.91. The van der Waals surface area contributed by atoms with E-state index in [1.54, 1.807) is 6.92 Å². The van der Waals surface area contributed by atoms with Gasteiger partial charge in [0, 0.05) is 12.7 Å². The van der Waals surface area contributed by atoms with Crippen LogP contribution in [0.3, 0.4) is 0 Å². The number of aliphatic hydroxyl groups is 1. The third-order valence-corrected chi connectivity index (χ3v) is 3.40. The molecule has 0 spiro atoms. The average molecular weight is 310 g/mol. The number of rotatable bonds is 5. The summed E-state index contributed by atoms with van der Waals surface area (Å²) in [4.78, 5) is 3.72. The number of hydrogen-bond acceptors (Lipinski definition) is 3. The summed E-state index contributed by atoms with van der Waals surface area (Å²) in [5.41, 5.74) is -1.01. The number of benzene rings is 1. The predicted octanol–water partition coefficient (Wildman–Crippen LogP) is 3.81. The van der Waals surface area contributed by atoms with E-state index >= 15 is 0 Å². The van der Waals surface area contributed by atoms with Crippen molar-refractivity contribution < 1.29 is 18.3 Å². The van der Waals surface area contributed by atoms with Gasteiger partial charge >= 0.3 is 6.18 Å². The van der Waals surface area contributed by atoms with E-state index in [0.29, 0.717) is 18.8 Å². The fourth-order valence-electron chi connectivity index (χ4n) is 2.04. The summed E-state index contributed by atoms with van der Waals surface area (Å²) < 4.78 is 37.3. The quantitative estimate of drug-likeness (QED) is 0.882. The fourth-order valence-corrected chi connectivity index (χ4v) is 2.04. The first kappa shape index (κ1) is 16.3. The molecule has 0 fully saturated rings. The van der Waals surface area contributed by atoms with Crippen molar-refractivity contribution in [3.05, 3.63) is 59.8 Å². The van der Waals surface area contributed by atoms with Crippen LogP contribution in [0, 0.1) is 0 Å². The van der Waals surface area contributed by atoms with Crippen LogP contribution in [-0.2, 0) is 11.8 Å².